The summed E-state index contributed by atoms with van der Waals surface area (Å²) < 4.78 is 5.39. The molecule has 86 valence electrons. The Balaban J connectivity index is 2.26. The molecule has 15 heavy (non-hydrogen) atoms. The Morgan fingerprint density at radius 1 is 1.73 bits per heavy atom. The summed E-state index contributed by atoms with van der Waals surface area (Å²) in [6.07, 6.45) is 7.10. The van der Waals surface area contributed by atoms with E-state index in [0.717, 1.165) is 19.3 Å². The minimum atomic E-state index is 0.187. The van der Waals surface area contributed by atoms with Gasteiger partial charge in [-0.05, 0) is 32.3 Å². The first-order valence-electron chi connectivity index (χ1n) is 5.59. The molecule has 0 aliphatic carbocycles. The lowest BCUT2D eigenvalue weighted by Gasteiger charge is -2.18. The third-order valence-corrected chi connectivity index (χ3v) is 2.49. The van der Waals surface area contributed by atoms with Gasteiger partial charge in [-0.3, -0.25) is 0 Å². The Hall–Kier alpha value is -1.19. The maximum Gasteiger partial charge on any atom is 0.188 e. The molecule has 0 amide bonds. The summed E-state index contributed by atoms with van der Waals surface area (Å²) in [5.41, 5.74) is 5.73. The molecule has 0 fully saturated rings. The van der Waals surface area contributed by atoms with Crippen LogP contribution in [-0.4, -0.2) is 24.7 Å². The number of hydrogen-bond donors (Lipinski definition) is 2. The summed E-state index contributed by atoms with van der Waals surface area (Å²) in [6.45, 7) is 4.84. The number of nitrogens with two attached hydrogens (primary N) is 1. The van der Waals surface area contributed by atoms with Crippen LogP contribution in [0.2, 0.25) is 0 Å². The van der Waals surface area contributed by atoms with Crippen LogP contribution < -0.4 is 11.1 Å². The first-order chi connectivity index (χ1) is 7.22. The van der Waals surface area contributed by atoms with Crippen LogP contribution in [0.3, 0.4) is 0 Å². The molecule has 0 saturated heterocycles. The summed E-state index contributed by atoms with van der Waals surface area (Å²) >= 11 is 0. The van der Waals surface area contributed by atoms with Crippen molar-refractivity contribution in [3.05, 3.63) is 12.3 Å². The SMILES string of the molecule is CCC(C)NC(N)=NCC1CCC=CO1. The molecule has 0 aromatic heterocycles. The van der Waals surface area contributed by atoms with Gasteiger partial charge in [0.1, 0.15) is 6.10 Å². The van der Waals surface area contributed by atoms with Gasteiger partial charge in [0.15, 0.2) is 5.96 Å². The number of aliphatic imine (C=N–C) groups is 1. The third-order valence-electron chi connectivity index (χ3n) is 2.49. The molecule has 4 nitrogen and oxygen atoms in total. The van der Waals surface area contributed by atoms with Crippen molar-refractivity contribution in [3.63, 3.8) is 0 Å². The molecular weight excluding hydrogens is 190 g/mol. The van der Waals surface area contributed by atoms with Crippen LogP contribution in [0.1, 0.15) is 33.1 Å². The maximum absolute atomic E-state index is 5.73. The monoisotopic (exact) mass is 211 g/mol. The quantitative estimate of drug-likeness (QED) is 0.545. The number of nitrogens with one attached hydrogen (secondary N) is 1. The minimum absolute atomic E-state index is 0.187. The summed E-state index contributed by atoms with van der Waals surface area (Å²) in [7, 11) is 0. The van der Waals surface area contributed by atoms with Crippen molar-refractivity contribution in [2.75, 3.05) is 6.54 Å². The molecule has 1 aliphatic rings. The zero-order valence-electron chi connectivity index (χ0n) is 9.57. The smallest absolute Gasteiger partial charge is 0.188 e. The Morgan fingerprint density at radius 3 is 3.13 bits per heavy atom. The first kappa shape index (κ1) is 11.9. The standard InChI is InChI=1S/C11H21N3O/c1-3-9(2)14-11(12)13-8-10-6-4-5-7-15-10/h5,7,9-10H,3-4,6,8H2,1-2H3,(H3,12,13,14). The van der Waals surface area contributed by atoms with Gasteiger partial charge in [0.05, 0.1) is 12.8 Å². The normalized spacial score (nSPS) is 23.3. The zero-order chi connectivity index (χ0) is 11.1. The largest absolute Gasteiger partial charge is 0.496 e. The Kier molecular flexibility index (Phi) is 5.01. The molecule has 0 aromatic rings. The lowest BCUT2D eigenvalue weighted by molar-refractivity contribution is 0.131. The number of ether oxygens (including phenoxy) is 1. The van der Waals surface area contributed by atoms with E-state index >= 15 is 0 Å². The second-order valence-electron chi connectivity index (χ2n) is 3.89. The predicted octanol–water partition coefficient (Wildman–Crippen LogP) is 1.38. The molecule has 0 aromatic carbocycles. The van der Waals surface area contributed by atoms with Gasteiger partial charge in [-0.2, -0.15) is 0 Å². The van der Waals surface area contributed by atoms with E-state index in [0.29, 0.717) is 18.5 Å². The van der Waals surface area contributed by atoms with Crippen molar-refractivity contribution < 1.29 is 4.74 Å². The van der Waals surface area contributed by atoms with Gasteiger partial charge in [-0.15, -0.1) is 0 Å². The van der Waals surface area contributed by atoms with Gasteiger partial charge in [-0.25, -0.2) is 4.99 Å². The molecule has 0 spiro atoms. The van der Waals surface area contributed by atoms with Gasteiger partial charge in [0.2, 0.25) is 0 Å². The van der Waals surface area contributed by atoms with Crippen LogP contribution >= 0.6 is 0 Å². The highest BCUT2D eigenvalue weighted by Gasteiger charge is 2.10. The molecule has 1 aliphatic heterocycles. The second kappa shape index (κ2) is 6.32. The summed E-state index contributed by atoms with van der Waals surface area (Å²) in [4.78, 5) is 4.26. The highest BCUT2D eigenvalue weighted by atomic mass is 16.5. The average Bonchev–Trinajstić information content (AvgIpc) is 2.27. The van der Waals surface area contributed by atoms with E-state index in [4.69, 9.17) is 10.5 Å². The molecule has 1 rings (SSSR count). The average molecular weight is 211 g/mol. The van der Waals surface area contributed by atoms with Gasteiger partial charge in [-0.1, -0.05) is 6.92 Å². The number of rotatable bonds is 4. The van der Waals surface area contributed by atoms with E-state index in [1.54, 1.807) is 6.26 Å². The van der Waals surface area contributed by atoms with Crippen molar-refractivity contribution in [2.45, 2.75) is 45.3 Å². The molecule has 0 bridgehead atoms. The van der Waals surface area contributed by atoms with Crippen LogP contribution in [-0.2, 0) is 4.74 Å². The minimum Gasteiger partial charge on any atom is -0.496 e. The van der Waals surface area contributed by atoms with E-state index in [9.17, 15) is 0 Å². The maximum atomic E-state index is 5.73. The molecule has 1 heterocycles. The van der Waals surface area contributed by atoms with Gasteiger partial charge in [0.25, 0.3) is 0 Å². The molecule has 0 radical (unpaired) electrons. The Labute approximate surface area is 91.6 Å². The zero-order valence-corrected chi connectivity index (χ0v) is 9.57. The van der Waals surface area contributed by atoms with E-state index in [-0.39, 0.29) is 6.10 Å². The van der Waals surface area contributed by atoms with Crippen LogP contribution in [0.25, 0.3) is 0 Å². The van der Waals surface area contributed by atoms with Crippen molar-refractivity contribution in [1.29, 1.82) is 0 Å². The number of hydrogen-bond acceptors (Lipinski definition) is 2. The highest BCUT2D eigenvalue weighted by Crippen LogP contribution is 2.09. The molecule has 2 unspecified atom stereocenters. The fourth-order valence-electron chi connectivity index (χ4n) is 1.32. The van der Waals surface area contributed by atoms with Crippen LogP contribution in [0, 0.1) is 0 Å². The Morgan fingerprint density at radius 2 is 2.53 bits per heavy atom. The lowest BCUT2D eigenvalue weighted by Crippen LogP contribution is -2.38. The van der Waals surface area contributed by atoms with Gasteiger partial charge >= 0.3 is 0 Å². The van der Waals surface area contributed by atoms with Crippen molar-refractivity contribution in [3.8, 4) is 0 Å². The first-order valence-corrected chi connectivity index (χ1v) is 5.59. The second-order valence-corrected chi connectivity index (χ2v) is 3.89. The van der Waals surface area contributed by atoms with Crippen molar-refractivity contribution >= 4 is 5.96 Å². The fraction of sp³-hybridized carbons (Fsp3) is 0.727. The highest BCUT2D eigenvalue weighted by molar-refractivity contribution is 5.78. The fourth-order valence-corrected chi connectivity index (χ4v) is 1.32. The topological polar surface area (TPSA) is 59.6 Å². The van der Waals surface area contributed by atoms with Crippen LogP contribution in [0.5, 0.6) is 0 Å². The third kappa shape index (κ3) is 4.72. The number of guanidine groups is 1. The molecular formula is C11H21N3O. The molecule has 3 N–H and O–H groups in total. The van der Waals surface area contributed by atoms with Crippen LogP contribution in [0.15, 0.2) is 17.3 Å². The summed E-state index contributed by atoms with van der Waals surface area (Å²) in [6, 6.07) is 0.376. The van der Waals surface area contributed by atoms with E-state index < -0.39 is 0 Å². The van der Waals surface area contributed by atoms with E-state index in [2.05, 4.69) is 24.2 Å². The van der Waals surface area contributed by atoms with E-state index in [1.807, 2.05) is 6.08 Å². The molecule has 4 heteroatoms. The lowest BCUT2D eigenvalue weighted by atomic mass is 10.2. The number of nitrogens with zero attached hydrogens (tertiary/aromatic N) is 1. The van der Waals surface area contributed by atoms with Gasteiger partial charge < -0.3 is 15.8 Å². The van der Waals surface area contributed by atoms with Crippen molar-refractivity contribution in [1.82, 2.24) is 5.32 Å². The van der Waals surface area contributed by atoms with Crippen LogP contribution in [0.4, 0.5) is 0 Å². The predicted molar refractivity (Wildman–Crippen MR) is 62.6 cm³/mol. The van der Waals surface area contributed by atoms with Crippen molar-refractivity contribution in [2.24, 2.45) is 10.7 Å². The number of allylic oxidation sites excluding steroid dienone is 1. The van der Waals surface area contributed by atoms with Gasteiger partial charge in [0, 0.05) is 6.04 Å². The summed E-state index contributed by atoms with van der Waals surface area (Å²) in [5.74, 6) is 0.516. The molecule has 2 atom stereocenters. The summed E-state index contributed by atoms with van der Waals surface area (Å²) in [5, 5.41) is 3.12. The van der Waals surface area contributed by atoms with E-state index in [1.165, 1.54) is 0 Å². The molecule has 0 saturated carbocycles. The Bertz CT molecular complexity index is 238.